The molecule has 0 atom stereocenters. The van der Waals surface area contributed by atoms with Crippen molar-refractivity contribution >= 4 is 52.6 Å². The minimum atomic E-state index is -0.572. The lowest BCUT2D eigenvalue weighted by Crippen LogP contribution is -2.32. The molecule has 0 radical (unpaired) electrons. The highest BCUT2D eigenvalue weighted by molar-refractivity contribution is 6.04. The Hall–Kier alpha value is -6.03. The molecule has 25 heteroatoms. The van der Waals surface area contributed by atoms with Gasteiger partial charge in [0.15, 0.2) is 11.6 Å². The lowest BCUT2D eigenvalue weighted by atomic mass is 10.2. The Labute approximate surface area is 432 Å². The number of hydrogen-bond donors (Lipinski definition) is 4. The normalized spacial score (nSPS) is 11.3. The molecule has 4 aromatic heterocycles. The van der Waals surface area contributed by atoms with E-state index in [2.05, 4.69) is 36.1 Å². The first-order valence-corrected chi connectivity index (χ1v) is 24.9. The van der Waals surface area contributed by atoms with Gasteiger partial charge in [-0.25, -0.2) is 14.8 Å². The van der Waals surface area contributed by atoms with Crippen molar-refractivity contribution in [2.24, 2.45) is 21.1 Å². The van der Waals surface area contributed by atoms with Gasteiger partial charge in [-0.05, 0) is 32.4 Å². The summed E-state index contributed by atoms with van der Waals surface area (Å²) in [4.78, 5) is 75.3. The van der Waals surface area contributed by atoms with E-state index < -0.39 is 29.6 Å². The minimum Gasteiger partial charge on any atom is -0.461 e. The van der Waals surface area contributed by atoms with Crippen molar-refractivity contribution in [2.45, 2.75) is 45.6 Å². The van der Waals surface area contributed by atoms with Crippen molar-refractivity contribution in [3.63, 3.8) is 0 Å². The van der Waals surface area contributed by atoms with Gasteiger partial charge < -0.3 is 82.2 Å². The summed E-state index contributed by atoms with van der Waals surface area (Å²) in [6.07, 6.45) is 10.1. The number of hydrogen-bond acceptors (Lipinski definition) is 17. The van der Waals surface area contributed by atoms with E-state index in [-0.39, 0.29) is 36.9 Å². The second-order valence-corrected chi connectivity index (χ2v) is 16.7. The lowest BCUT2D eigenvalue weighted by molar-refractivity contribution is -0.121. The molecule has 0 spiro atoms. The number of aryl methyl sites for hydroxylation is 4. The summed E-state index contributed by atoms with van der Waals surface area (Å²) < 4.78 is 55.5. The van der Waals surface area contributed by atoms with Gasteiger partial charge >= 0.3 is 5.97 Å². The minimum absolute atomic E-state index is 0.000880. The summed E-state index contributed by atoms with van der Waals surface area (Å²) in [6.45, 7) is 11.7. The van der Waals surface area contributed by atoms with Crippen LogP contribution in [0.4, 0.5) is 23.0 Å². The van der Waals surface area contributed by atoms with E-state index in [1.54, 1.807) is 86.7 Å². The molecule has 0 saturated heterocycles. The Balaban J connectivity index is 1.22. The van der Waals surface area contributed by atoms with Crippen molar-refractivity contribution < 1.29 is 66.6 Å². The molecule has 0 aliphatic rings. The summed E-state index contributed by atoms with van der Waals surface area (Å²) in [5.74, 6) is -1.66. The SMILES string of the molecule is CCOC(=O)c1cc(NC(=O)c2nc(NC(=O)CCC(=O)Nc3cc(NC(=O)c4nccn4C)cn3C)cn2C)cn1CCCCCN(CCOCCOCCOCCOC)CCOCCOCCOCCOC. The van der Waals surface area contributed by atoms with Crippen molar-refractivity contribution in [1.82, 2.24) is 33.1 Å². The van der Waals surface area contributed by atoms with E-state index in [0.29, 0.717) is 135 Å². The van der Waals surface area contributed by atoms with Crippen LogP contribution >= 0.6 is 0 Å². The average Bonchev–Trinajstić information content (AvgIpc) is 4.17. The van der Waals surface area contributed by atoms with Gasteiger partial charge in [0.05, 0.1) is 110 Å². The van der Waals surface area contributed by atoms with Crippen LogP contribution in [-0.4, -0.2) is 196 Å². The van der Waals surface area contributed by atoms with Gasteiger partial charge in [-0.1, -0.05) is 6.42 Å². The fourth-order valence-corrected chi connectivity index (χ4v) is 7.12. The number of aromatic nitrogens is 6. The molecule has 4 rings (SSSR count). The summed E-state index contributed by atoms with van der Waals surface area (Å²) in [5, 5.41) is 10.9. The molecule has 74 heavy (non-hydrogen) atoms. The number of carbonyl (C=O) groups excluding carboxylic acids is 5. The van der Waals surface area contributed by atoms with E-state index in [9.17, 15) is 24.0 Å². The first-order chi connectivity index (χ1) is 35.9. The quantitative estimate of drug-likeness (QED) is 0.0367. The maximum atomic E-state index is 13.5. The maximum absolute atomic E-state index is 13.5. The van der Waals surface area contributed by atoms with Gasteiger partial charge in [0, 0.05) is 105 Å². The number of nitrogens with one attached hydrogen (secondary N) is 4. The molecule has 0 unspecified atom stereocenters. The maximum Gasteiger partial charge on any atom is 0.355 e. The highest BCUT2D eigenvalue weighted by Crippen LogP contribution is 2.20. The number of amides is 4. The van der Waals surface area contributed by atoms with Gasteiger partial charge in [0.1, 0.15) is 11.5 Å². The fraction of sp³-hybridized carbons (Fsp3) is 0.612. The highest BCUT2D eigenvalue weighted by atomic mass is 16.6. The zero-order valence-electron chi connectivity index (χ0n) is 43.9. The lowest BCUT2D eigenvalue weighted by Gasteiger charge is -2.22. The van der Waals surface area contributed by atoms with Crippen LogP contribution in [0.5, 0.6) is 0 Å². The van der Waals surface area contributed by atoms with E-state index in [4.69, 9.17) is 42.6 Å². The zero-order valence-corrected chi connectivity index (χ0v) is 43.9. The third-order valence-corrected chi connectivity index (χ3v) is 10.9. The fourth-order valence-electron chi connectivity index (χ4n) is 7.12. The number of methoxy groups -OCH3 is 2. The highest BCUT2D eigenvalue weighted by Gasteiger charge is 2.21. The second-order valence-electron chi connectivity index (χ2n) is 16.7. The van der Waals surface area contributed by atoms with Crippen LogP contribution in [0.1, 0.15) is 70.8 Å². The van der Waals surface area contributed by atoms with E-state index in [0.717, 1.165) is 25.8 Å². The van der Waals surface area contributed by atoms with Gasteiger partial charge in [-0.15, -0.1) is 0 Å². The molecule has 25 nitrogen and oxygen atoms in total. The summed E-state index contributed by atoms with van der Waals surface area (Å²) in [5.41, 5.74) is 1.11. The van der Waals surface area contributed by atoms with Crippen LogP contribution in [-0.2, 0) is 79.9 Å². The predicted octanol–water partition coefficient (Wildman–Crippen LogP) is 3.20. The molecule has 4 N–H and O–H groups in total. The average molecular weight is 1040 g/mol. The van der Waals surface area contributed by atoms with Gasteiger partial charge in [-0.3, -0.25) is 24.1 Å². The molecule has 0 saturated carbocycles. The molecule has 0 aromatic carbocycles. The smallest absolute Gasteiger partial charge is 0.355 e. The molecule has 4 heterocycles. The molecule has 4 amide bonds. The van der Waals surface area contributed by atoms with Crippen LogP contribution < -0.4 is 21.3 Å². The zero-order chi connectivity index (χ0) is 53.3. The Kier molecular flexibility index (Phi) is 28.8. The number of ether oxygens (including phenoxy) is 9. The van der Waals surface area contributed by atoms with Crippen molar-refractivity contribution in [1.29, 1.82) is 0 Å². The molecular formula is C49H77N11O14. The van der Waals surface area contributed by atoms with Gasteiger partial charge in [-0.2, -0.15) is 0 Å². The molecular weight excluding hydrogens is 967 g/mol. The molecule has 0 bridgehead atoms. The van der Waals surface area contributed by atoms with Crippen LogP contribution in [0.15, 0.2) is 43.1 Å². The number of carbonyl (C=O) groups is 5. The summed E-state index contributed by atoms with van der Waals surface area (Å²) >= 11 is 0. The van der Waals surface area contributed by atoms with Crippen molar-refractivity contribution in [3.05, 3.63) is 60.5 Å². The van der Waals surface area contributed by atoms with Crippen molar-refractivity contribution in [2.75, 3.05) is 154 Å². The molecule has 412 valence electrons. The Morgan fingerprint density at radius 1 is 0.568 bits per heavy atom. The number of rotatable bonds is 41. The Morgan fingerprint density at radius 2 is 1.11 bits per heavy atom. The number of nitrogens with zero attached hydrogens (tertiary/aromatic N) is 7. The van der Waals surface area contributed by atoms with Crippen LogP contribution in [0.25, 0.3) is 0 Å². The third kappa shape index (κ3) is 23.0. The van der Waals surface area contributed by atoms with Crippen LogP contribution in [0, 0.1) is 0 Å². The molecule has 0 aliphatic carbocycles. The van der Waals surface area contributed by atoms with Gasteiger partial charge in [0.2, 0.25) is 17.6 Å². The summed E-state index contributed by atoms with van der Waals surface area (Å²) in [7, 11) is 8.28. The third-order valence-electron chi connectivity index (χ3n) is 10.9. The molecule has 0 fully saturated rings. The number of unbranched alkanes of at least 4 members (excludes halogenated alkanes) is 2. The van der Waals surface area contributed by atoms with E-state index >= 15 is 0 Å². The first-order valence-electron chi connectivity index (χ1n) is 24.9. The standard InChI is InChI=1S/C49H77N11O14/c1-7-74-49(65)40-33-38(36-60(40)15-10-8-9-14-59(17-19-68-25-27-72-31-29-70-23-21-66-5)18-20-69-26-28-73-32-30-71-24-22-67-6)51-48(64)46-54-41(37-58(46)4)53-43(61)11-12-44(62)55-42-34-39(35-57(42)3)52-47(63)45-50-13-16-56(45)2/h13,16,33-37H,7-12,14-15,17-32H2,1-6H3,(H,51,64)(H,52,63)(H,53,61)(H,55,62). The van der Waals surface area contributed by atoms with Crippen LogP contribution in [0.3, 0.4) is 0 Å². The first kappa shape index (κ1) is 60.5. The molecule has 4 aromatic rings. The number of imidazole rings is 2. The van der Waals surface area contributed by atoms with E-state index in [1.807, 2.05) is 0 Å². The predicted molar refractivity (Wildman–Crippen MR) is 274 cm³/mol. The van der Waals surface area contributed by atoms with Crippen LogP contribution in [0.2, 0.25) is 0 Å². The van der Waals surface area contributed by atoms with Crippen molar-refractivity contribution in [3.8, 4) is 0 Å². The molecule has 0 aliphatic heterocycles. The monoisotopic (exact) mass is 1040 g/mol. The number of esters is 1. The Bertz CT molecular complexity index is 2250. The topological polar surface area (TPSA) is 265 Å². The Morgan fingerprint density at radius 3 is 1.66 bits per heavy atom. The number of anilines is 4. The van der Waals surface area contributed by atoms with Gasteiger partial charge in [0.25, 0.3) is 11.8 Å². The van der Waals surface area contributed by atoms with E-state index in [1.165, 1.54) is 17.0 Å². The summed E-state index contributed by atoms with van der Waals surface area (Å²) in [6, 6.07) is 3.16. The second kappa shape index (κ2) is 35.2. The largest absolute Gasteiger partial charge is 0.461 e.